The highest BCUT2D eigenvalue weighted by Gasteiger charge is 2.13. The van der Waals surface area contributed by atoms with E-state index in [0.717, 1.165) is 17.6 Å². The van der Waals surface area contributed by atoms with Gasteiger partial charge in [0.05, 0.1) is 12.6 Å². The van der Waals surface area contributed by atoms with Gasteiger partial charge in [-0.3, -0.25) is 0 Å². The molecule has 0 atom stereocenters. The van der Waals surface area contributed by atoms with E-state index in [-0.39, 0.29) is 0 Å². The van der Waals surface area contributed by atoms with E-state index in [1.165, 1.54) is 12.4 Å². The number of fused-ring (bicyclic) bond motifs is 1. The Balaban J connectivity index is 2.05. The molecule has 104 valence electrons. The van der Waals surface area contributed by atoms with Crippen molar-refractivity contribution in [2.75, 3.05) is 13.7 Å². The molecule has 0 spiro atoms. The molecule has 0 aliphatic rings. The van der Waals surface area contributed by atoms with Crippen LogP contribution in [0.4, 0.5) is 0 Å². The van der Waals surface area contributed by atoms with Crippen molar-refractivity contribution in [3.63, 3.8) is 0 Å². The molecule has 2 rings (SSSR count). The molecule has 2 aromatic rings. The van der Waals surface area contributed by atoms with E-state index in [4.69, 9.17) is 9.47 Å². The highest BCUT2D eigenvalue weighted by molar-refractivity contribution is 6.76. The van der Waals surface area contributed by atoms with Crippen LogP contribution in [0.1, 0.15) is 0 Å². The summed E-state index contributed by atoms with van der Waals surface area (Å²) in [6.07, 6.45) is 3.47. The first-order valence-corrected chi connectivity index (χ1v) is 10.1. The fourth-order valence-electron chi connectivity index (χ4n) is 1.80. The first-order valence-electron chi connectivity index (χ1n) is 6.43. The van der Waals surface area contributed by atoms with E-state index in [1.807, 2.05) is 16.8 Å². The molecule has 0 N–H and O–H groups in total. The Morgan fingerprint density at radius 1 is 1.26 bits per heavy atom. The molecule has 0 aliphatic carbocycles. The highest BCUT2D eigenvalue weighted by atomic mass is 28.3. The second-order valence-electron chi connectivity index (χ2n) is 5.75. The molecule has 5 nitrogen and oxygen atoms in total. The molecule has 19 heavy (non-hydrogen) atoms. The molecule has 2 aromatic heterocycles. The summed E-state index contributed by atoms with van der Waals surface area (Å²) < 4.78 is 13.0. The molecule has 6 heteroatoms. The standard InChI is InChI=1S/C13H21N3O2Si/c1-17-13-12-11(14-9-15-13)5-6-16(12)10-18-7-8-19(2,3)4/h5-6,9H,7-8,10H2,1-4H3. The maximum Gasteiger partial charge on any atom is 0.241 e. The third-order valence-corrected chi connectivity index (χ3v) is 4.64. The Bertz CT molecular complexity index is 548. The normalized spacial score (nSPS) is 12.0. The van der Waals surface area contributed by atoms with Crippen molar-refractivity contribution in [2.24, 2.45) is 0 Å². The van der Waals surface area contributed by atoms with Crippen LogP contribution in [0.25, 0.3) is 11.0 Å². The Kier molecular flexibility index (Phi) is 4.21. The molecular weight excluding hydrogens is 258 g/mol. The van der Waals surface area contributed by atoms with E-state index in [0.29, 0.717) is 12.6 Å². The first-order chi connectivity index (χ1) is 9.01. The summed E-state index contributed by atoms with van der Waals surface area (Å²) in [5, 5.41) is 0. The van der Waals surface area contributed by atoms with Crippen LogP contribution < -0.4 is 4.74 Å². The summed E-state index contributed by atoms with van der Waals surface area (Å²) in [7, 11) is 0.582. The van der Waals surface area contributed by atoms with Gasteiger partial charge in [-0.2, -0.15) is 4.98 Å². The molecule has 2 heterocycles. The lowest BCUT2D eigenvalue weighted by molar-refractivity contribution is 0.0899. The molecule has 0 saturated carbocycles. The van der Waals surface area contributed by atoms with Gasteiger partial charge in [0.2, 0.25) is 5.88 Å². The second-order valence-corrected chi connectivity index (χ2v) is 11.4. The number of nitrogens with zero attached hydrogens (tertiary/aromatic N) is 3. The minimum Gasteiger partial charge on any atom is -0.479 e. The van der Waals surface area contributed by atoms with Crippen molar-refractivity contribution in [2.45, 2.75) is 32.4 Å². The van der Waals surface area contributed by atoms with Gasteiger partial charge in [-0.05, 0) is 12.1 Å². The predicted octanol–water partition coefficient (Wildman–Crippen LogP) is 2.75. The van der Waals surface area contributed by atoms with E-state index in [9.17, 15) is 0 Å². The van der Waals surface area contributed by atoms with Crippen molar-refractivity contribution >= 4 is 19.1 Å². The molecule has 0 bridgehead atoms. The zero-order valence-corrected chi connectivity index (χ0v) is 13.0. The minimum atomic E-state index is -1.03. The molecule has 0 fully saturated rings. The fourth-order valence-corrected chi connectivity index (χ4v) is 2.56. The largest absolute Gasteiger partial charge is 0.479 e. The third kappa shape index (κ3) is 3.54. The Labute approximate surface area is 114 Å². The molecule has 0 radical (unpaired) electrons. The van der Waals surface area contributed by atoms with Gasteiger partial charge >= 0.3 is 0 Å². The van der Waals surface area contributed by atoms with E-state index in [2.05, 4.69) is 29.6 Å². The molecule has 0 aliphatic heterocycles. The van der Waals surface area contributed by atoms with Gasteiger partial charge in [0, 0.05) is 20.9 Å². The number of aromatic nitrogens is 3. The van der Waals surface area contributed by atoms with E-state index in [1.54, 1.807) is 7.11 Å². The lowest BCUT2D eigenvalue weighted by Crippen LogP contribution is -2.22. The number of rotatable bonds is 6. The van der Waals surface area contributed by atoms with E-state index >= 15 is 0 Å². The minimum absolute atomic E-state index is 0.512. The average Bonchev–Trinajstić information content (AvgIpc) is 2.77. The van der Waals surface area contributed by atoms with Crippen LogP contribution in [-0.4, -0.2) is 36.3 Å². The van der Waals surface area contributed by atoms with Gasteiger partial charge in [-0.15, -0.1) is 0 Å². The Morgan fingerprint density at radius 2 is 2.05 bits per heavy atom. The fraction of sp³-hybridized carbons (Fsp3) is 0.538. The van der Waals surface area contributed by atoms with Crippen LogP contribution in [0.5, 0.6) is 5.88 Å². The van der Waals surface area contributed by atoms with Crippen LogP contribution >= 0.6 is 0 Å². The number of methoxy groups -OCH3 is 1. The van der Waals surface area contributed by atoms with Crippen molar-refractivity contribution < 1.29 is 9.47 Å². The lowest BCUT2D eigenvalue weighted by Gasteiger charge is -2.16. The summed E-state index contributed by atoms with van der Waals surface area (Å²) in [6.45, 7) is 8.35. The van der Waals surface area contributed by atoms with E-state index < -0.39 is 8.07 Å². The topological polar surface area (TPSA) is 49.2 Å². The van der Waals surface area contributed by atoms with Gasteiger partial charge in [0.25, 0.3) is 0 Å². The van der Waals surface area contributed by atoms with Crippen LogP contribution in [-0.2, 0) is 11.5 Å². The van der Waals surface area contributed by atoms with Crippen molar-refractivity contribution in [3.05, 3.63) is 18.6 Å². The number of hydrogen-bond acceptors (Lipinski definition) is 4. The van der Waals surface area contributed by atoms with Gasteiger partial charge in [-0.25, -0.2) is 4.98 Å². The van der Waals surface area contributed by atoms with Crippen LogP contribution in [0, 0.1) is 0 Å². The van der Waals surface area contributed by atoms with Gasteiger partial charge in [0.15, 0.2) is 0 Å². The molecule has 0 unspecified atom stereocenters. The van der Waals surface area contributed by atoms with Crippen molar-refractivity contribution in [3.8, 4) is 5.88 Å². The third-order valence-electron chi connectivity index (χ3n) is 2.94. The Morgan fingerprint density at radius 3 is 2.74 bits per heavy atom. The maximum absolute atomic E-state index is 5.75. The molecule has 0 aromatic carbocycles. The first kappa shape index (κ1) is 14.0. The van der Waals surface area contributed by atoms with Crippen molar-refractivity contribution in [1.82, 2.24) is 14.5 Å². The van der Waals surface area contributed by atoms with Crippen LogP contribution in [0.15, 0.2) is 18.6 Å². The summed E-state index contributed by atoms with van der Waals surface area (Å²) in [4.78, 5) is 8.34. The highest BCUT2D eigenvalue weighted by Crippen LogP contribution is 2.22. The van der Waals surface area contributed by atoms with Gasteiger partial charge < -0.3 is 14.0 Å². The van der Waals surface area contributed by atoms with Crippen LogP contribution in [0.3, 0.4) is 0 Å². The average molecular weight is 279 g/mol. The number of hydrogen-bond donors (Lipinski definition) is 0. The lowest BCUT2D eigenvalue weighted by atomic mass is 10.4. The molecular formula is C13H21N3O2Si. The molecule has 0 amide bonds. The maximum atomic E-state index is 5.75. The number of ether oxygens (including phenoxy) is 2. The second kappa shape index (κ2) is 5.71. The van der Waals surface area contributed by atoms with Gasteiger partial charge in [-0.1, -0.05) is 19.6 Å². The quantitative estimate of drug-likeness (QED) is 0.602. The monoisotopic (exact) mass is 279 g/mol. The summed E-state index contributed by atoms with van der Waals surface area (Å²) in [5.74, 6) is 0.587. The summed E-state index contributed by atoms with van der Waals surface area (Å²) >= 11 is 0. The Hall–Kier alpha value is -1.40. The predicted molar refractivity (Wildman–Crippen MR) is 78.2 cm³/mol. The smallest absolute Gasteiger partial charge is 0.241 e. The van der Waals surface area contributed by atoms with Crippen molar-refractivity contribution in [1.29, 1.82) is 0 Å². The summed E-state index contributed by atoms with van der Waals surface area (Å²) in [5.41, 5.74) is 1.76. The zero-order chi connectivity index (χ0) is 13.9. The van der Waals surface area contributed by atoms with Gasteiger partial charge in [0.1, 0.15) is 18.6 Å². The van der Waals surface area contributed by atoms with Crippen LogP contribution in [0.2, 0.25) is 25.7 Å². The summed E-state index contributed by atoms with van der Waals surface area (Å²) in [6, 6.07) is 3.11. The zero-order valence-electron chi connectivity index (χ0n) is 12.0. The SMILES string of the molecule is COc1ncnc2ccn(COCC[Si](C)(C)C)c12. The molecule has 0 saturated heterocycles.